The van der Waals surface area contributed by atoms with Crippen LogP contribution < -0.4 is 10.6 Å². The average molecular weight is 220 g/mol. The van der Waals surface area contributed by atoms with E-state index in [-0.39, 0.29) is 11.8 Å². The van der Waals surface area contributed by atoms with Crippen molar-refractivity contribution in [3.8, 4) is 11.8 Å². The molecule has 2 amide bonds. The number of carbonyl (C=O) groups excluding carboxylic acids is 1. The van der Waals surface area contributed by atoms with Gasteiger partial charge in [-0.15, -0.1) is 11.8 Å². The molecular weight excluding hydrogens is 207 g/mol. The summed E-state index contributed by atoms with van der Waals surface area (Å²) >= 11 is 0. The second-order valence-electron chi connectivity index (χ2n) is 3.06. The van der Waals surface area contributed by atoms with E-state index in [1.54, 1.807) is 6.92 Å². The minimum Gasteiger partial charge on any atom is -0.337 e. The number of nitrogens with one attached hydrogen (secondary N) is 2. The largest absolute Gasteiger partial charge is 0.337 e. The maximum atomic E-state index is 12.6. The van der Waals surface area contributed by atoms with Gasteiger partial charge in [0.1, 0.15) is 5.82 Å². The first kappa shape index (κ1) is 12.1. The molecule has 16 heavy (non-hydrogen) atoms. The maximum absolute atomic E-state index is 12.6. The van der Waals surface area contributed by atoms with Crippen LogP contribution in [-0.4, -0.2) is 12.6 Å². The zero-order valence-electron chi connectivity index (χ0n) is 9.01. The minimum atomic E-state index is -0.329. The van der Waals surface area contributed by atoms with Crippen LogP contribution in [0, 0.1) is 17.7 Å². The molecule has 0 aliphatic heterocycles. The first-order valence-electron chi connectivity index (χ1n) is 4.92. The van der Waals surface area contributed by atoms with E-state index in [1.807, 2.05) is 0 Å². The molecule has 84 valence electrons. The third-order valence-electron chi connectivity index (χ3n) is 1.81. The molecular formula is C12H13FN2O. The van der Waals surface area contributed by atoms with E-state index in [9.17, 15) is 9.18 Å². The first-order chi connectivity index (χ1) is 7.72. The average Bonchev–Trinajstić information content (AvgIpc) is 2.28. The second kappa shape index (κ2) is 6.46. The fourth-order valence-corrected chi connectivity index (χ4v) is 1.07. The Labute approximate surface area is 94.0 Å². The number of benzene rings is 1. The molecule has 0 heterocycles. The molecule has 0 aromatic heterocycles. The molecule has 0 fully saturated rings. The standard InChI is InChI=1S/C12H13FN2O/c1-2-3-4-9-14-12(16)15-11-7-5-10(13)6-8-11/h5-8H,4,9H2,1H3,(H2,14,15,16). The highest BCUT2D eigenvalue weighted by molar-refractivity contribution is 5.89. The van der Waals surface area contributed by atoms with E-state index in [4.69, 9.17) is 0 Å². The Morgan fingerprint density at radius 2 is 2.06 bits per heavy atom. The first-order valence-corrected chi connectivity index (χ1v) is 4.92. The zero-order valence-corrected chi connectivity index (χ0v) is 9.01. The number of carbonyl (C=O) groups is 1. The van der Waals surface area contributed by atoms with Gasteiger partial charge in [0.2, 0.25) is 0 Å². The van der Waals surface area contributed by atoms with Gasteiger partial charge in [-0.2, -0.15) is 0 Å². The van der Waals surface area contributed by atoms with Gasteiger partial charge in [0, 0.05) is 18.7 Å². The van der Waals surface area contributed by atoms with Crippen LogP contribution >= 0.6 is 0 Å². The van der Waals surface area contributed by atoms with Gasteiger partial charge in [-0.25, -0.2) is 9.18 Å². The van der Waals surface area contributed by atoms with Crippen molar-refractivity contribution in [2.75, 3.05) is 11.9 Å². The van der Waals surface area contributed by atoms with E-state index in [1.165, 1.54) is 24.3 Å². The third kappa shape index (κ3) is 4.47. The summed E-state index contributed by atoms with van der Waals surface area (Å²) in [5.74, 6) is 5.24. The van der Waals surface area contributed by atoms with Crippen molar-refractivity contribution in [1.82, 2.24) is 5.32 Å². The molecule has 0 atom stereocenters. The van der Waals surface area contributed by atoms with Gasteiger partial charge in [0.15, 0.2) is 0 Å². The lowest BCUT2D eigenvalue weighted by molar-refractivity contribution is 0.252. The van der Waals surface area contributed by atoms with Gasteiger partial charge in [0.25, 0.3) is 0 Å². The fraction of sp³-hybridized carbons (Fsp3) is 0.250. The van der Waals surface area contributed by atoms with Gasteiger partial charge < -0.3 is 10.6 Å². The van der Waals surface area contributed by atoms with Crippen molar-refractivity contribution >= 4 is 11.7 Å². The third-order valence-corrected chi connectivity index (χ3v) is 1.81. The van der Waals surface area contributed by atoms with Crippen LogP contribution in [0.4, 0.5) is 14.9 Å². The molecule has 0 saturated carbocycles. The number of urea groups is 1. The molecule has 0 bridgehead atoms. The Kier molecular flexibility index (Phi) is 4.87. The molecule has 0 spiro atoms. The lowest BCUT2D eigenvalue weighted by Gasteiger charge is -2.05. The van der Waals surface area contributed by atoms with E-state index in [0.717, 1.165) is 0 Å². The van der Waals surface area contributed by atoms with E-state index < -0.39 is 0 Å². The smallest absolute Gasteiger partial charge is 0.319 e. The molecule has 1 aromatic rings. The van der Waals surface area contributed by atoms with E-state index in [2.05, 4.69) is 22.5 Å². The minimum absolute atomic E-state index is 0.315. The summed E-state index contributed by atoms with van der Waals surface area (Å²) in [5.41, 5.74) is 0.556. The lowest BCUT2D eigenvalue weighted by atomic mass is 10.3. The SMILES string of the molecule is CC#CCCNC(=O)Nc1ccc(F)cc1. The molecule has 3 nitrogen and oxygen atoms in total. The van der Waals surface area contributed by atoms with E-state index >= 15 is 0 Å². The van der Waals surface area contributed by atoms with Gasteiger partial charge in [-0.3, -0.25) is 0 Å². The van der Waals surface area contributed by atoms with E-state index in [0.29, 0.717) is 18.7 Å². The normalized spacial score (nSPS) is 8.88. The topological polar surface area (TPSA) is 41.1 Å². The second-order valence-corrected chi connectivity index (χ2v) is 3.06. The van der Waals surface area contributed by atoms with Crippen LogP contribution in [-0.2, 0) is 0 Å². The Hall–Kier alpha value is -2.02. The summed E-state index contributed by atoms with van der Waals surface area (Å²) in [4.78, 5) is 11.3. The Balaban J connectivity index is 2.33. The quantitative estimate of drug-likeness (QED) is 0.596. The van der Waals surface area contributed by atoms with Crippen molar-refractivity contribution < 1.29 is 9.18 Å². The highest BCUT2D eigenvalue weighted by atomic mass is 19.1. The molecule has 1 rings (SSSR count). The van der Waals surface area contributed by atoms with Crippen LogP contribution in [0.2, 0.25) is 0 Å². The molecule has 2 N–H and O–H groups in total. The zero-order chi connectivity index (χ0) is 11.8. The highest BCUT2D eigenvalue weighted by Crippen LogP contribution is 2.07. The number of anilines is 1. The summed E-state index contributed by atoms with van der Waals surface area (Å²) in [6.45, 7) is 2.24. The molecule has 0 radical (unpaired) electrons. The van der Waals surface area contributed by atoms with Gasteiger partial charge >= 0.3 is 6.03 Å². The summed E-state index contributed by atoms with van der Waals surface area (Å²) in [6, 6.07) is 5.27. The van der Waals surface area contributed by atoms with Gasteiger partial charge in [-0.1, -0.05) is 0 Å². The Morgan fingerprint density at radius 3 is 2.69 bits per heavy atom. The number of rotatable bonds is 3. The summed E-state index contributed by atoms with van der Waals surface area (Å²) < 4.78 is 12.6. The summed E-state index contributed by atoms with van der Waals surface area (Å²) in [6.07, 6.45) is 0.618. The predicted molar refractivity (Wildman–Crippen MR) is 61.5 cm³/mol. The molecule has 0 aliphatic rings. The maximum Gasteiger partial charge on any atom is 0.319 e. The van der Waals surface area contributed by atoms with Gasteiger partial charge in [-0.05, 0) is 31.2 Å². The number of hydrogen-bond donors (Lipinski definition) is 2. The van der Waals surface area contributed by atoms with Crippen LogP contribution in [0.25, 0.3) is 0 Å². The van der Waals surface area contributed by atoms with Crippen LogP contribution in [0.15, 0.2) is 24.3 Å². The highest BCUT2D eigenvalue weighted by Gasteiger charge is 1.99. The molecule has 4 heteroatoms. The summed E-state index contributed by atoms with van der Waals surface area (Å²) in [7, 11) is 0. The Bertz CT molecular complexity index is 403. The number of halogens is 1. The number of hydrogen-bond acceptors (Lipinski definition) is 1. The van der Waals surface area contributed by atoms with Crippen LogP contribution in [0.5, 0.6) is 0 Å². The van der Waals surface area contributed by atoms with Crippen molar-refractivity contribution in [3.05, 3.63) is 30.1 Å². The lowest BCUT2D eigenvalue weighted by Crippen LogP contribution is -2.29. The summed E-state index contributed by atoms with van der Waals surface area (Å²) in [5, 5.41) is 5.22. The monoisotopic (exact) mass is 220 g/mol. The molecule has 0 aliphatic carbocycles. The van der Waals surface area contributed by atoms with Crippen molar-refractivity contribution in [1.29, 1.82) is 0 Å². The predicted octanol–water partition coefficient (Wildman–Crippen LogP) is 2.36. The fourth-order valence-electron chi connectivity index (χ4n) is 1.07. The van der Waals surface area contributed by atoms with Crippen LogP contribution in [0.3, 0.4) is 0 Å². The molecule has 0 saturated heterocycles. The molecule has 0 unspecified atom stereocenters. The Morgan fingerprint density at radius 1 is 1.38 bits per heavy atom. The van der Waals surface area contributed by atoms with Crippen molar-refractivity contribution in [2.24, 2.45) is 0 Å². The van der Waals surface area contributed by atoms with Gasteiger partial charge in [0.05, 0.1) is 0 Å². The van der Waals surface area contributed by atoms with Crippen molar-refractivity contribution in [2.45, 2.75) is 13.3 Å². The van der Waals surface area contributed by atoms with Crippen LogP contribution in [0.1, 0.15) is 13.3 Å². The number of amides is 2. The van der Waals surface area contributed by atoms with Crippen molar-refractivity contribution in [3.63, 3.8) is 0 Å². The molecule has 1 aromatic carbocycles.